The average Bonchev–Trinajstić information content (AvgIpc) is 3.22. The van der Waals surface area contributed by atoms with Gasteiger partial charge < -0.3 is 10.6 Å². The van der Waals surface area contributed by atoms with Crippen LogP contribution in [0.1, 0.15) is 22.3 Å². The normalized spacial score (nSPS) is 22.5. The highest BCUT2D eigenvalue weighted by molar-refractivity contribution is 6.31. The highest BCUT2D eigenvalue weighted by Gasteiger charge is 2.65. The second-order valence-electron chi connectivity index (χ2n) is 8.14. The number of fused-ring (bicyclic) bond motifs is 5. The molecule has 4 aromatic rings. The van der Waals surface area contributed by atoms with Crippen molar-refractivity contribution in [3.8, 4) is 0 Å². The zero-order chi connectivity index (χ0) is 22.1. The Hall–Kier alpha value is -2.36. The Morgan fingerprint density at radius 3 is 1.16 bits per heavy atom. The fourth-order valence-corrected chi connectivity index (χ4v) is 5.89. The number of nitrogens with one attached hydrogen (secondary N) is 2. The average molecular weight is 498 g/mol. The first-order chi connectivity index (χ1) is 15.4. The van der Waals surface area contributed by atoms with Crippen LogP contribution in [0, 0.1) is 0 Å². The molecule has 0 bridgehead atoms. The van der Waals surface area contributed by atoms with Crippen molar-refractivity contribution in [3.05, 3.63) is 127 Å². The minimum Gasteiger partial charge on any atom is -0.369 e. The third-order valence-electron chi connectivity index (χ3n) is 6.53. The summed E-state index contributed by atoms with van der Waals surface area (Å²) in [5, 5.41) is 10.4. The summed E-state index contributed by atoms with van der Waals surface area (Å²) in [6.07, 6.45) is 0. The Morgan fingerprint density at radius 1 is 0.438 bits per heavy atom. The molecule has 6 rings (SSSR count). The van der Waals surface area contributed by atoms with Crippen LogP contribution in [0.3, 0.4) is 0 Å². The smallest absolute Gasteiger partial charge is 0.122 e. The number of anilines is 2. The van der Waals surface area contributed by atoms with Crippen molar-refractivity contribution < 1.29 is 0 Å². The summed E-state index contributed by atoms with van der Waals surface area (Å²) in [6.45, 7) is 0. The topological polar surface area (TPSA) is 24.1 Å². The highest BCUT2D eigenvalue weighted by Crippen LogP contribution is 2.64. The van der Waals surface area contributed by atoms with Crippen LogP contribution >= 0.6 is 46.4 Å². The molecule has 2 N–H and O–H groups in total. The Labute approximate surface area is 206 Å². The molecule has 2 aliphatic rings. The molecule has 0 aromatic heterocycles. The van der Waals surface area contributed by atoms with Crippen LogP contribution in [0.15, 0.2) is 84.9 Å². The molecule has 32 heavy (non-hydrogen) atoms. The summed E-state index contributed by atoms with van der Waals surface area (Å²) in [5.74, 6) is 0. The van der Waals surface area contributed by atoms with Crippen molar-refractivity contribution in [2.24, 2.45) is 0 Å². The van der Waals surface area contributed by atoms with Crippen LogP contribution in [0.25, 0.3) is 0 Å². The van der Waals surface area contributed by atoms with Gasteiger partial charge in [-0.3, -0.25) is 0 Å². The van der Waals surface area contributed by atoms with E-state index in [-0.39, 0.29) is 0 Å². The van der Waals surface area contributed by atoms with Crippen LogP contribution in [0.4, 0.5) is 11.4 Å². The first-order valence-electron chi connectivity index (χ1n) is 10.1. The number of halogens is 4. The van der Waals surface area contributed by atoms with Gasteiger partial charge in [0, 0.05) is 42.6 Å². The second kappa shape index (κ2) is 7.07. The molecule has 2 heterocycles. The molecular weight excluding hydrogens is 482 g/mol. The largest absolute Gasteiger partial charge is 0.369 e. The molecular formula is C26H16Cl4N2. The zero-order valence-electron chi connectivity index (χ0n) is 16.6. The standard InChI is InChI=1S/C26H16Cl4N2/c27-17-5-1-15(2-6-17)25-21-13-19(29)9-11-23(21)32-26(25,16-3-7-18(28)8-4-16)22-14-20(30)10-12-24(22)31-25/h1-14,31-32H/t25-,26+. The predicted molar refractivity (Wildman–Crippen MR) is 135 cm³/mol. The van der Waals surface area contributed by atoms with E-state index < -0.39 is 11.1 Å². The van der Waals surface area contributed by atoms with Crippen LogP contribution < -0.4 is 10.6 Å². The highest BCUT2D eigenvalue weighted by atomic mass is 35.5. The lowest BCUT2D eigenvalue weighted by Crippen LogP contribution is -2.51. The molecule has 4 aromatic carbocycles. The number of hydrogen-bond donors (Lipinski definition) is 2. The van der Waals surface area contributed by atoms with E-state index in [4.69, 9.17) is 46.4 Å². The predicted octanol–water partition coefficient (Wildman–Crippen LogP) is 8.34. The van der Waals surface area contributed by atoms with E-state index in [0.29, 0.717) is 20.1 Å². The Balaban J connectivity index is 1.77. The molecule has 0 aliphatic carbocycles. The summed E-state index contributed by atoms with van der Waals surface area (Å²) in [7, 11) is 0. The number of benzene rings is 4. The van der Waals surface area contributed by atoms with Gasteiger partial charge in [0.15, 0.2) is 0 Å². The molecule has 0 saturated carbocycles. The van der Waals surface area contributed by atoms with E-state index in [1.54, 1.807) is 0 Å². The maximum Gasteiger partial charge on any atom is 0.122 e. The van der Waals surface area contributed by atoms with Gasteiger partial charge in [-0.05, 0) is 71.8 Å². The quantitative estimate of drug-likeness (QED) is 0.290. The summed E-state index contributed by atoms with van der Waals surface area (Å²) >= 11 is 25.6. The van der Waals surface area contributed by atoms with E-state index in [9.17, 15) is 0 Å². The van der Waals surface area contributed by atoms with Crippen molar-refractivity contribution in [2.75, 3.05) is 10.6 Å². The first kappa shape index (κ1) is 20.3. The Bertz CT molecular complexity index is 1260. The second-order valence-corrected chi connectivity index (χ2v) is 9.89. The molecule has 0 spiro atoms. The molecule has 0 radical (unpaired) electrons. The number of rotatable bonds is 2. The van der Waals surface area contributed by atoms with Gasteiger partial charge in [0.05, 0.1) is 0 Å². The van der Waals surface area contributed by atoms with Gasteiger partial charge in [0.25, 0.3) is 0 Å². The van der Waals surface area contributed by atoms with E-state index in [2.05, 4.69) is 34.9 Å². The fourth-order valence-electron chi connectivity index (χ4n) is 5.29. The molecule has 0 fully saturated rings. The molecule has 0 amide bonds. The van der Waals surface area contributed by atoms with Crippen LogP contribution in [0.2, 0.25) is 20.1 Å². The Kier molecular flexibility index (Phi) is 4.48. The Morgan fingerprint density at radius 2 is 0.781 bits per heavy atom. The van der Waals surface area contributed by atoms with Gasteiger partial charge in [0.1, 0.15) is 11.1 Å². The van der Waals surface area contributed by atoms with Crippen LogP contribution in [-0.2, 0) is 11.1 Å². The van der Waals surface area contributed by atoms with Crippen molar-refractivity contribution in [1.29, 1.82) is 0 Å². The lowest BCUT2D eigenvalue weighted by Gasteiger charge is -2.42. The maximum atomic E-state index is 6.52. The molecule has 2 aliphatic heterocycles. The van der Waals surface area contributed by atoms with E-state index >= 15 is 0 Å². The first-order valence-corrected chi connectivity index (χ1v) is 11.6. The molecule has 2 nitrogen and oxygen atoms in total. The van der Waals surface area contributed by atoms with Crippen molar-refractivity contribution in [2.45, 2.75) is 11.1 Å². The summed E-state index contributed by atoms with van der Waals surface area (Å²) in [5.41, 5.74) is 4.81. The third-order valence-corrected chi connectivity index (χ3v) is 7.51. The molecule has 158 valence electrons. The molecule has 0 saturated heterocycles. The van der Waals surface area contributed by atoms with Gasteiger partial charge in [-0.15, -0.1) is 0 Å². The molecule has 0 unspecified atom stereocenters. The lowest BCUT2D eigenvalue weighted by atomic mass is 9.66. The van der Waals surface area contributed by atoms with Gasteiger partial charge in [0.2, 0.25) is 0 Å². The third kappa shape index (κ3) is 2.61. The SMILES string of the molecule is Clc1ccc([C@]23Nc4ccc(Cl)cc4[C@]2(c2ccc(Cl)cc2)Nc2ccc(Cl)cc23)cc1. The summed E-state index contributed by atoms with van der Waals surface area (Å²) in [6, 6.07) is 27.8. The van der Waals surface area contributed by atoms with Crippen molar-refractivity contribution in [1.82, 2.24) is 0 Å². The zero-order valence-corrected chi connectivity index (χ0v) is 19.6. The van der Waals surface area contributed by atoms with E-state index in [1.807, 2.05) is 60.7 Å². The van der Waals surface area contributed by atoms with Gasteiger partial charge in [-0.1, -0.05) is 70.7 Å². The molecule has 6 heteroatoms. The van der Waals surface area contributed by atoms with Gasteiger partial charge in [-0.2, -0.15) is 0 Å². The molecule has 2 atom stereocenters. The monoisotopic (exact) mass is 496 g/mol. The fraction of sp³-hybridized carbons (Fsp3) is 0.0769. The van der Waals surface area contributed by atoms with E-state index in [0.717, 1.165) is 33.6 Å². The lowest BCUT2D eigenvalue weighted by molar-refractivity contribution is 0.439. The van der Waals surface area contributed by atoms with Crippen molar-refractivity contribution >= 4 is 57.8 Å². The maximum absolute atomic E-state index is 6.52. The summed E-state index contributed by atoms with van der Waals surface area (Å²) in [4.78, 5) is 0. The van der Waals surface area contributed by atoms with Crippen LogP contribution in [0.5, 0.6) is 0 Å². The number of hydrogen-bond acceptors (Lipinski definition) is 2. The van der Waals surface area contributed by atoms with Crippen LogP contribution in [-0.4, -0.2) is 0 Å². The van der Waals surface area contributed by atoms with Crippen molar-refractivity contribution in [3.63, 3.8) is 0 Å². The van der Waals surface area contributed by atoms with Gasteiger partial charge >= 0.3 is 0 Å². The minimum absolute atomic E-state index is 0.668. The summed E-state index contributed by atoms with van der Waals surface area (Å²) < 4.78 is 0. The van der Waals surface area contributed by atoms with E-state index in [1.165, 1.54) is 0 Å². The minimum atomic E-state index is -0.696. The van der Waals surface area contributed by atoms with Gasteiger partial charge in [-0.25, -0.2) is 0 Å².